The third kappa shape index (κ3) is 5.14. The van der Waals surface area contributed by atoms with Gasteiger partial charge >= 0.3 is 5.97 Å². The van der Waals surface area contributed by atoms with Gasteiger partial charge in [0.1, 0.15) is 41.3 Å². The van der Waals surface area contributed by atoms with Crippen molar-refractivity contribution in [2.24, 2.45) is 5.73 Å². The molecule has 6 nitrogen and oxygen atoms in total. The van der Waals surface area contributed by atoms with Crippen molar-refractivity contribution >= 4 is 5.97 Å². The van der Waals surface area contributed by atoms with Crippen LogP contribution < -0.4 is 19.9 Å². The number of esters is 1. The average Bonchev–Trinajstić information content (AvgIpc) is 2.92. The first-order chi connectivity index (χ1) is 18.0. The molecular weight excluding hydrogens is 471 g/mol. The number of nitrogens with two attached hydrogens (primary N) is 1. The quantitative estimate of drug-likeness (QED) is 0.268. The highest BCUT2D eigenvalue weighted by Crippen LogP contribution is 2.44. The molecule has 0 radical (unpaired) electrons. The number of benzene rings is 4. The molecule has 0 saturated heterocycles. The van der Waals surface area contributed by atoms with Crippen LogP contribution in [0.5, 0.6) is 17.2 Å². The summed E-state index contributed by atoms with van der Waals surface area (Å²) in [5.41, 5.74) is 9.10. The van der Waals surface area contributed by atoms with E-state index in [1.807, 2.05) is 24.3 Å². The molecule has 4 aromatic carbocycles. The Morgan fingerprint density at radius 3 is 2.49 bits per heavy atom. The van der Waals surface area contributed by atoms with Crippen LogP contribution in [-0.4, -0.2) is 5.97 Å². The van der Waals surface area contributed by atoms with Crippen molar-refractivity contribution in [3.05, 3.63) is 137 Å². The second kappa shape index (κ2) is 10.3. The molecule has 0 saturated carbocycles. The largest absolute Gasteiger partial charge is 0.489 e. The number of halogens is 1. The van der Waals surface area contributed by atoms with Crippen molar-refractivity contribution in [1.82, 2.24) is 0 Å². The number of rotatable bonds is 6. The van der Waals surface area contributed by atoms with Crippen LogP contribution in [0.2, 0.25) is 0 Å². The lowest BCUT2D eigenvalue weighted by molar-refractivity contribution is 0.0734. The third-order valence-electron chi connectivity index (χ3n) is 5.92. The summed E-state index contributed by atoms with van der Waals surface area (Å²) >= 11 is 0. The summed E-state index contributed by atoms with van der Waals surface area (Å²) in [6.45, 7) is 0.257. The Kier molecular flexibility index (Phi) is 6.56. The van der Waals surface area contributed by atoms with E-state index >= 15 is 0 Å². The molecule has 0 aromatic heterocycles. The number of hydrogen-bond donors (Lipinski definition) is 1. The normalized spacial score (nSPS) is 14.2. The Bertz CT molecular complexity index is 1530. The lowest BCUT2D eigenvalue weighted by Crippen LogP contribution is -2.21. The maximum atomic E-state index is 13.2. The first-order valence-corrected chi connectivity index (χ1v) is 11.5. The number of nitriles is 1. The molecule has 1 aliphatic heterocycles. The Morgan fingerprint density at radius 1 is 0.946 bits per heavy atom. The summed E-state index contributed by atoms with van der Waals surface area (Å²) in [6, 6.07) is 29.2. The molecule has 0 bridgehead atoms. The third-order valence-corrected chi connectivity index (χ3v) is 5.92. The van der Waals surface area contributed by atoms with Crippen molar-refractivity contribution in [2.75, 3.05) is 0 Å². The smallest absolute Gasteiger partial charge is 0.343 e. The van der Waals surface area contributed by atoms with Crippen LogP contribution in [0.15, 0.2) is 109 Å². The zero-order chi connectivity index (χ0) is 25.8. The number of nitrogens with zero attached hydrogens (tertiary/aromatic N) is 1. The second-order valence-electron chi connectivity index (χ2n) is 8.37. The van der Waals surface area contributed by atoms with Crippen LogP contribution in [0.25, 0.3) is 0 Å². The molecule has 5 rings (SSSR count). The van der Waals surface area contributed by atoms with E-state index in [2.05, 4.69) is 6.07 Å². The van der Waals surface area contributed by atoms with Gasteiger partial charge in [0, 0.05) is 11.6 Å². The van der Waals surface area contributed by atoms with Crippen LogP contribution >= 0.6 is 0 Å². The van der Waals surface area contributed by atoms with Gasteiger partial charge in [-0.05, 0) is 53.6 Å². The summed E-state index contributed by atoms with van der Waals surface area (Å²) < 4.78 is 30.3. The highest BCUT2D eigenvalue weighted by molar-refractivity contribution is 5.91. The monoisotopic (exact) mass is 492 g/mol. The van der Waals surface area contributed by atoms with Crippen molar-refractivity contribution < 1.29 is 23.4 Å². The van der Waals surface area contributed by atoms with Crippen molar-refractivity contribution in [1.29, 1.82) is 5.26 Å². The van der Waals surface area contributed by atoms with Gasteiger partial charge in [-0.3, -0.25) is 0 Å². The zero-order valence-electron chi connectivity index (χ0n) is 19.6. The van der Waals surface area contributed by atoms with Gasteiger partial charge in [0.15, 0.2) is 0 Å². The highest BCUT2D eigenvalue weighted by Gasteiger charge is 2.31. The first-order valence-electron chi connectivity index (χ1n) is 11.5. The van der Waals surface area contributed by atoms with E-state index < -0.39 is 11.9 Å². The Labute approximate surface area is 212 Å². The Hall–Kier alpha value is -5.09. The van der Waals surface area contributed by atoms with Crippen LogP contribution in [-0.2, 0) is 6.61 Å². The SMILES string of the molecule is N#CC1=C(N)Oc2cc(OC(=O)c3ccccc3)ccc2C1c1cccc(OCc2ccc(F)cc2)c1. The number of fused-ring (bicyclic) bond motifs is 1. The second-order valence-corrected chi connectivity index (χ2v) is 8.37. The maximum absolute atomic E-state index is 13.2. The molecule has 0 amide bonds. The van der Waals surface area contributed by atoms with Crippen LogP contribution in [0.3, 0.4) is 0 Å². The number of hydrogen-bond acceptors (Lipinski definition) is 6. The van der Waals surface area contributed by atoms with Gasteiger partial charge in [-0.1, -0.05) is 48.5 Å². The predicted molar refractivity (Wildman–Crippen MR) is 134 cm³/mol. The molecule has 0 aliphatic carbocycles. The van der Waals surface area contributed by atoms with Gasteiger partial charge in [-0.15, -0.1) is 0 Å². The maximum Gasteiger partial charge on any atom is 0.343 e. The summed E-state index contributed by atoms with van der Waals surface area (Å²) in [6.07, 6.45) is 0. The van der Waals surface area contributed by atoms with Gasteiger partial charge in [0.25, 0.3) is 0 Å². The number of ether oxygens (including phenoxy) is 3. The molecule has 1 heterocycles. The van der Waals surface area contributed by atoms with E-state index in [0.29, 0.717) is 22.6 Å². The summed E-state index contributed by atoms with van der Waals surface area (Å²) in [4.78, 5) is 12.5. The highest BCUT2D eigenvalue weighted by atomic mass is 19.1. The van der Waals surface area contributed by atoms with E-state index in [4.69, 9.17) is 19.9 Å². The van der Waals surface area contributed by atoms with E-state index in [0.717, 1.165) is 11.1 Å². The van der Waals surface area contributed by atoms with Crippen LogP contribution in [0, 0.1) is 17.1 Å². The lowest BCUT2D eigenvalue weighted by atomic mass is 9.83. The summed E-state index contributed by atoms with van der Waals surface area (Å²) in [5.74, 6) is -0.0887. The molecule has 37 heavy (non-hydrogen) atoms. The van der Waals surface area contributed by atoms with Crippen molar-refractivity contribution in [2.45, 2.75) is 12.5 Å². The molecule has 182 valence electrons. The number of carbonyl (C=O) groups is 1. The Morgan fingerprint density at radius 2 is 1.73 bits per heavy atom. The van der Waals surface area contributed by atoms with Crippen molar-refractivity contribution in [3.63, 3.8) is 0 Å². The minimum atomic E-state index is -0.512. The van der Waals surface area contributed by atoms with Gasteiger partial charge in [-0.25, -0.2) is 9.18 Å². The fourth-order valence-electron chi connectivity index (χ4n) is 4.11. The molecule has 0 fully saturated rings. The molecule has 4 aromatic rings. The standard InChI is InChI=1S/C30H21FN2O4/c31-22-11-9-19(10-12-22)18-35-23-8-4-7-21(15-23)28-25-14-13-24(16-27(25)37-29(33)26(28)17-32)36-30(34)20-5-2-1-3-6-20/h1-16,28H,18,33H2. The molecule has 0 spiro atoms. The van der Waals surface area contributed by atoms with E-state index in [1.54, 1.807) is 60.7 Å². The lowest BCUT2D eigenvalue weighted by Gasteiger charge is -2.27. The summed E-state index contributed by atoms with van der Waals surface area (Å²) in [5, 5.41) is 9.86. The van der Waals surface area contributed by atoms with Gasteiger partial charge in [0.05, 0.1) is 11.5 Å². The number of allylic oxidation sites excluding steroid dienone is 1. The molecule has 1 atom stereocenters. The zero-order valence-corrected chi connectivity index (χ0v) is 19.6. The fourth-order valence-corrected chi connectivity index (χ4v) is 4.11. The van der Waals surface area contributed by atoms with E-state index in [1.165, 1.54) is 12.1 Å². The van der Waals surface area contributed by atoms with Crippen LogP contribution in [0.4, 0.5) is 4.39 Å². The molecule has 1 unspecified atom stereocenters. The van der Waals surface area contributed by atoms with Gasteiger partial charge < -0.3 is 19.9 Å². The van der Waals surface area contributed by atoms with Crippen molar-refractivity contribution in [3.8, 4) is 23.3 Å². The van der Waals surface area contributed by atoms with Crippen LogP contribution in [0.1, 0.15) is 33.0 Å². The van der Waals surface area contributed by atoms with E-state index in [-0.39, 0.29) is 29.6 Å². The minimum Gasteiger partial charge on any atom is -0.489 e. The Balaban J connectivity index is 1.42. The summed E-state index contributed by atoms with van der Waals surface area (Å²) in [7, 11) is 0. The van der Waals surface area contributed by atoms with Gasteiger partial charge in [0.2, 0.25) is 5.88 Å². The molecule has 2 N–H and O–H groups in total. The fraction of sp³-hybridized carbons (Fsp3) is 0.0667. The first kappa shape index (κ1) is 23.6. The number of carbonyl (C=O) groups excluding carboxylic acids is 1. The molecule has 7 heteroatoms. The van der Waals surface area contributed by atoms with E-state index in [9.17, 15) is 14.4 Å². The predicted octanol–water partition coefficient (Wildman–Crippen LogP) is 5.84. The topological polar surface area (TPSA) is 94.6 Å². The molecule has 1 aliphatic rings. The van der Waals surface area contributed by atoms with Gasteiger partial charge in [-0.2, -0.15) is 5.26 Å². The molecular formula is C30H21FN2O4. The minimum absolute atomic E-state index is 0.0239. The average molecular weight is 493 g/mol.